The van der Waals surface area contributed by atoms with Gasteiger partial charge in [0.2, 0.25) is 0 Å². The fourth-order valence-electron chi connectivity index (χ4n) is 0.922. The molecule has 2 aromatic rings. The summed E-state index contributed by atoms with van der Waals surface area (Å²) in [6.07, 6.45) is 3.05. The van der Waals surface area contributed by atoms with Crippen LogP contribution in [-0.2, 0) is 0 Å². The van der Waals surface area contributed by atoms with Crippen LogP contribution in [-0.4, -0.2) is 9.97 Å². The summed E-state index contributed by atoms with van der Waals surface area (Å²) >= 11 is 7.36. The second-order valence-electron chi connectivity index (χ2n) is 2.56. The van der Waals surface area contributed by atoms with Crippen molar-refractivity contribution >= 4 is 40.3 Å². The molecule has 6 heteroatoms. The second kappa shape index (κ2) is 3.81. The number of hydrogen-bond acceptors (Lipinski definition) is 5. The van der Waals surface area contributed by atoms with Crippen LogP contribution in [0.1, 0.15) is 0 Å². The Labute approximate surface area is 89.8 Å². The molecule has 0 aliphatic carbocycles. The van der Waals surface area contributed by atoms with Gasteiger partial charge < -0.3 is 11.1 Å². The topological polar surface area (TPSA) is 63.8 Å². The maximum absolute atomic E-state index is 5.90. The molecule has 0 atom stereocenters. The first kappa shape index (κ1) is 9.23. The van der Waals surface area contributed by atoms with E-state index in [9.17, 15) is 0 Å². The highest BCUT2D eigenvalue weighted by Gasteiger charge is 2.02. The van der Waals surface area contributed by atoms with Crippen LogP contribution in [0.5, 0.6) is 0 Å². The van der Waals surface area contributed by atoms with E-state index in [0.717, 1.165) is 5.69 Å². The summed E-state index contributed by atoms with van der Waals surface area (Å²) in [5.74, 6) is 1.02. The Kier molecular flexibility index (Phi) is 2.51. The number of hydrogen-bond donors (Lipinski definition) is 2. The summed E-state index contributed by atoms with van der Waals surface area (Å²) in [5.41, 5.74) is 6.23. The zero-order chi connectivity index (χ0) is 9.97. The Hall–Kier alpha value is -1.33. The van der Waals surface area contributed by atoms with E-state index in [0.29, 0.717) is 16.0 Å². The molecule has 0 saturated carbocycles. The highest BCUT2D eigenvalue weighted by Crippen LogP contribution is 2.29. The number of anilines is 3. The van der Waals surface area contributed by atoms with Crippen LogP contribution < -0.4 is 11.1 Å². The first-order valence-electron chi connectivity index (χ1n) is 3.83. The van der Waals surface area contributed by atoms with E-state index in [1.165, 1.54) is 17.5 Å². The highest BCUT2D eigenvalue weighted by atomic mass is 35.5. The van der Waals surface area contributed by atoms with Crippen LogP contribution in [0.25, 0.3) is 0 Å². The lowest BCUT2D eigenvalue weighted by Crippen LogP contribution is -1.96. The molecule has 0 bridgehead atoms. The summed E-state index contributed by atoms with van der Waals surface area (Å²) in [6, 6.07) is 1.88. The molecule has 14 heavy (non-hydrogen) atoms. The minimum absolute atomic E-state index is 0.395. The highest BCUT2D eigenvalue weighted by molar-refractivity contribution is 7.15. The standard InChI is InChI=1S/C8H7ClN4S/c9-8-5(1-2-14-8)13-7-4-11-6(10)3-12-7/h1-4H,(H2,10,11)(H,12,13). The van der Waals surface area contributed by atoms with Gasteiger partial charge in [-0.3, -0.25) is 0 Å². The van der Waals surface area contributed by atoms with E-state index >= 15 is 0 Å². The normalized spacial score (nSPS) is 10.1. The number of nitrogens with two attached hydrogens (primary N) is 1. The number of rotatable bonds is 2. The van der Waals surface area contributed by atoms with Gasteiger partial charge in [0.25, 0.3) is 0 Å². The number of nitrogens with one attached hydrogen (secondary N) is 1. The predicted octanol–water partition coefficient (Wildman–Crippen LogP) is 2.52. The SMILES string of the molecule is Nc1cnc(Nc2ccsc2Cl)cn1. The van der Waals surface area contributed by atoms with E-state index in [1.807, 2.05) is 11.4 Å². The minimum atomic E-state index is 0.395. The quantitative estimate of drug-likeness (QED) is 0.826. The van der Waals surface area contributed by atoms with Crippen LogP contribution in [0, 0.1) is 0 Å². The number of nitrogen functional groups attached to an aromatic ring is 1. The predicted molar refractivity (Wildman–Crippen MR) is 59.1 cm³/mol. The third kappa shape index (κ3) is 1.94. The van der Waals surface area contributed by atoms with Crippen molar-refractivity contribution in [3.05, 3.63) is 28.2 Å². The summed E-state index contributed by atoms with van der Waals surface area (Å²) in [4.78, 5) is 7.94. The molecule has 0 saturated heterocycles. The molecular formula is C8H7ClN4S. The smallest absolute Gasteiger partial charge is 0.149 e. The maximum Gasteiger partial charge on any atom is 0.149 e. The van der Waals surface area contributed by atoms with Gasteiger partial charge in [-0.1, -0.05) is 11.6 Å². The Bertz CT molecular complexity index is 425. The number of nitrogens with zero attached hydrogens (tertiary/aromatic N) is 2. The van der Waals surface area contributed by atoms with Crippen LogP contribution in [0.2, 0.25) is 4.34 Å². The fraction of sp³-hybridized carbons (Fsp3) is 0. The van der Waals surface area contributed by atoms with Crippen LogP contribution in [0.4, 0.5) is 17.3 Å². The lowest BCUT2D eigenvalue weighted by atomic mass is 10.5. The first-order valence-corrected chi connectivity index (χ1v) is 5.09. The van der Waals surface area contributed by atoms with Crippen molar-refractivity contribution in [1.29, 1.82) is 0 Å². The summed E-state index contributed by atoms with van der Waals surface area (Å²) in [6.45, 7) is 0. The molecule has 0 unspecified atom stereocenters. The van der Waals surface area contributed by atoms with Crippen molar-refractivity contribution in [3.8, 4) is 0 Å². The second-order valence-corrected chi connectivity index (χ2v) is 4.08. The molecule has 0 fully saturated rings. The van der Waals surface area contributed by atoms with E-state index < -0.39 is 0 Å². The Morgan fingerprint density at radius 3 is 2.79 bits per heavy atom. The van der Waals surface area contributed by atoms with Gasteiger partial charge in [-0.05, 0) is 11.4 Å². The molecule has 2 rings (SSSR count). The number of halogens is 1. The zero-order valence-corrected chi connectivity index (χ0v) is 8.64. The summed E-state index contributed by atoms with van der Waals surface area (Å²) in [5, 5.41) is 4.93. The molecule has 0 aliphatic heterocycles. The van der Waals surface area contributed by atoms with Crippen molar-refractivity contribution in [2.24, 2.45) is 0 Å². The van der Waals surface area contributed by atoms with Crippen molar-refractivity contribution in [2.45, 2.75) is 0 Å². The van der Waals surface area contributed by atoms with E-state index in [4.69, 9.17) is 17.3 Å². The van der Waals surface area contributed by atoms with E-state index in [-0.39, 0.29) is 0 Å². The minimum Gasteiger partial charge on any atom is -0.382 e. The van der Waals surface area contributed by atoms with Crippen LogP contribution >= 0.6 is 22.9 Å². The Morgan fingerprint density at radius 1 is 1.36 bits per heavy atom. The maximum atomic E-state index is 5.90. The van der Waals surface area contributed by atoms with Gasteiger partial charge in [-0.15, -0.1) is 11.3 Å². The summed E-state index contributed by atoms with van der Waals surface area (Å²) < 4.78 is 0.698. The van der Waals surface area contributed by atoms with Gasteiger partial charge in [-0.25, -0.2) is 9.97 Å². The van der Waals surface area contributed by atoms with E-state index in [1.54, 1.807) is 6.20 Å². The first-order chi connectivity index (χ1) is 6.75. The van der Waals surface area contributed by atoms with Gasteiger partial charge in [0.15, 0.2) is 0 Å². The van der Waals surface area contributed by atoms with Crippen molar-refractivity contribution in [2.75, 3.05) is 11.1 Å². The Balaban J connectivity index is 2.19. The molecule has 0 amide bonds. The fourth-order valence-corrected chi connectivity index (χ4v) is 1.76. The monoisotopic (exact) mass is 226 g/mol. The molecular weight excluding hydrogens is 220 g/mol. The van der Waals surface area contributed by atoms with Crippen molar-refractivity contribution in [1.82, 2.24) is 9.97 Å². The lowest BCUT2D eigenvalue weighted by Gasteiger charge is -2.02. The van der Waals surface area contributed by atoms with Gasteiger partial charge in [0, 0.05) is 0 Å². The molecule has 2 aromatic heterocycles. The largest absolute Gasteiger partial charge is 0.382 e. The Morgan fingerprint density at radius 2 is 2.21 bits per heavy atom. The molecule has 4 nitrogen and oxygen atoms in total. The van der Waals surface area contributed by atoms with Crippen LogP contribution in [0.3, 0.4) is 0 Å². The lowest BCUT2D eigenvalue weighted by molar-refractivity contribution is 1.21. The third-order valence-corrected chi connectivity index (χ3v) is 2.72. The van der Waals surface area contributed by atoms with Crippen molar-refractivity contribution < 1.29 is 0 Å². The number of thiophene rings is 1. The van der Waals surface area contributed by atoms with Gasteiger partial charge in [0.05, 0.1) is 18.1 Å². The molecule has 3 N–H and O–H groups in total. The molecule has 72 valence electrons. The van der Waals surface area contributed by atoms with E-state index in [2.05, 4.69) is 15.3 Å². The average Bonchev–Trinajstić information content (AvgIpc) is 2.56. The molecule has 0 aliphatic rings. The van der Waals surface area contributed by atoms with Crippen LogP contribution in [0.15, 0.2) is 23.8 Å². The van der Waals surface area contributed by atoms with Gasteiger partial charge >= 0.3 is 0 Å². The third-order valence-electron chi connectivity index (χ3n) is 1.55. The van der Waals surface area contributed by atoms with Crippen molar-refractivity contribution in [3.63, 3.8) is 0 Å². The molecule has 0 radical (unpaired) electrons. The molecule has 2 heterocycles. The van der Waals surface area contributed by atoms with Gasteiger partial charge in [0.1, 0.15) is 16.0 Å². The molecule has 0 aromatic carbocycles. The molecule has 0 spiro atoms. The van der Waals surface area contributed by atoms with Gasteiger partial charge in [-0.2, -0.15) is 0 Å². The number of aromatic nitrogens is 2. The zero-order valence-electron chi connectivity index (χ0n) is 7.07. The average molecular weight is 227 g/mol. The summed E-state index contributed by atoms with van der Waals surface area (Å²) in [7, 11) is 0.